The van der Waals surface area contributed by atoms with Crippen LogP contribution in [0, 0.1) is 44.7 Å². The number of hydrogen-bond donors (Lipinski definition) is 3. The van der Waals surface area contributed by atoms with Crippen LogP contribution in [0.3, 0.4) is 0 Å². The highest BCUT2D eigenvalue weighted by Gasteiger charge is 2.45. The predicted molar refractivity (Wildman–Crippen MR) is 256 cm³/mol. The number of rotatable bonds is 11. The summed E-state index contributed by atoms with van der Waals surface area (Å²) in [6.45, 7) is 14.6. The van der Waals surface area contributed by atoms with E-state index in [0.717, 1.165) is 48.8 Å². The number of carbonyl (C=O) groups is 4. The highest BCUT2D eigenvalue weighted by Crippen LogP contribution is 2.40. The maximum absolute atomic E-state index is 15.8. The number of aliphatic imine (C=N–C) groups is 1. The van der Waals surface area contributed by atoms with Gasteiger partial charge in [-0.25, -0.2) is 13.8 Å². The number of nitrogens with zero attached hydrogens (tertiary/aromatic N) is 6. The third-order valence-corrected chi connectivity index (χ3v) is 14.8. The summed E-state index contributed by atoms with van der Waals surface area (Å²) in [5, 5.41) is 26.0. The number of thiazole rings is 1. The second-order valence-corrected chi connectivity index (χ2v) is 20.4. The molecule has 3 N–H and O–H groups in total. The van der Waals surface area contributed by atoms with Gasteiger partial charge in [-0.2, -0.15) is 0 Å². The number of aryl methyl sites for hydroxylation is 3. The van der Waals surface area contributed by atoms with Crippen LogP contribution in [-0.2, 0) is 19.1 Å². The zero-order valence-corrected chi connectivity index (χ0v) is 40.7. The van der Waals surface area contributed by atoms with E-state index < -0.39 is 71.0 Å². The molecule has 2 aliphatic heterocycles. The van der Waals surface area contributed by atoms with Gasteiger partial charge in [0.25, 0.3) is 5.91 Å². The lowest BCUT2D eigenvalue weighted by Crippen LogP contribution is -2.57. The van der Waals surface area contributed by atoms with E-state index in [0.29, 0.717) is 22.9 Å². The highest BCUT2D eigenvalue weighted by atomic mass is 32.1. The standard InChI is InChI=1S/C50H52F2N8O6S2/c1-24-27(4)68-49-40(24)42(55-37(21-39(62)66-9)45-58-57-28(5)60(45)49)31-14-12-30(13-15-31)35-18-33(19-36(51)41(35)52)46(63)56-44(50(6,7)8)48(65)59-22-34(61)20-38(59)47(64)54-25(2)29-10-16-32(17-11-29)43-26(3)53-23-67-43/h10-19,23,25,34,37-38,44,61H,20-22H2,1-9H3,(H,54,64)(H,56,63)/t25-,34+,37-,38-,44+/m0/s1. The molecule has 68 heavy (non-hydrogen) atoms. The number of β-amino-alcohol motifs (C(OH)–C–C–N with tert-alkyl or cyclic N) is 1. The van der Waals surface area contributed by atoms with Crippen molar-refractivity contribution in [2.75, 3.05) is 13.7 Å². The summed E-state index contributed by atoms with van der Waals surface area (Å²) < 4.78 is 38.2. The van der Waals surface area contributed by atoms with Crippen LogP contribution in [0.1, 0.15) is 107 Å². The quantitative estimate of drug-likeness (QED) is 0.108. The number of hydrogen-bond acceptors (Lipinski definition) is 12. The summed E-state index contributed by atoms with van der Waals surface area (Å²) >= 11 is 3.09. The number of benzene rings is 3. The molecule has 0 aliphatic carbocycles. The number of aliphatic hydroxyl groups excluding tert-OH is 1. The Hall–Kier alpha value is -6.50. The van der Waals surface area contributed by atoms with Crippen molar-refractivity contribution in [1.82, 2.24) is 35.3 Å². The van der Waals surface area contributed by atoms with E-state index in [4.69, 9.17) is 9.73 Å². The molecule has 3 aromatic heterocycles. The lowest BCUT2D eigenvalue weighted by atomic mass is 9.85. The van der Waals surface area contributed by atoms with Crippen molar-refractivity contribution in [3.8, 4) is 26.6 Å². The van der Waals surface area contributed by atoms with Gasteiger partial charge in [0, 0.05) is 40.1 Å². The Morgan fingerprint density at radius 2 is 1.62 bits per heavy atom. The van der Waals surface area contributed by atoms with Gasteiger partial charge in [-0.3, -0.25) is 28.7 Å². The first-order valence-electron chi connectivity index (χ1n) is 22.1. The maximum atomic E-state index is 15.8. The number of aliphatic hydroxyl groups is 1. The van der Waals surface area contributed by atoms with Gasteiger partial charge < -0.3 is 25.4 Å². The average molecular weight is 963 g/mol. The minimum atomic E-state index is -1.27. The van der Waals surface area contributed by atoms with Gasteiger partial charge in [-0.1, -0.05) is 69.3 Å². The number of likely N-dealkylation sites (tertiary alicyclic amines) is 1. The number of nitrogens with one attached hydrogen (secondary N) is 2. The molecule has 3 aromatic carbocycles. The highest BCUT2D eigenvalue weighted by molar-refractivity contribution is 7.15. The van der Waals surface area contributed by atoms with E-state index in [9.17, 15) is 24.3 Å². The van der Waals surface area contributed by atoms with Crippen molar-refractivity contribution in [3.63, 3.8) is 0 Å². The van der Waals surface area contributed by atoms with E-state index >= 15 is 8.78 Å². The van der Waals surface area contributed by atoms with E-state index in [1.807, 2.05) is 63.5 Å². The van der Waals surface area contributed by atoms with Gasteiger partial charge >= 0.3 is 5.97 Å². The molecule has 0 radical (unpaired) electrons. The third kappa shape index (κ3) is 9.23. The lowest BCUT2D eigenvalue weighted by Gasteiger charge is -2.35. The number of fused-ring (bicyclic) bond motifs is 3. The Morgan fingerprint density at radius 3 is 2.26 bits per heavy atom. The summed E-state index contributed by atoms with van der Waals surface area (Å²) in [6, 6.07) is 13.0. The van der Waals surface area contributed by atoms with Gasteiger partial charge in [0.1, 0.15) is 29.0 Å². The molecule has 354 valence electrons. The fourth-order valence-corrected chi connectivity index (χ4v) is 10.8. The van der Waals surface area contributed by atoms with Gasteiger partial charge in [0.2, 0.25) is 11.8 Å². The van der Waals surface area contributed by atoms with Gasteiger partial charge in [-0.05, 0) is 74.4 Å². The van der Waals surface area contributed by atoms with Crippen LogP contribution in [0.5, 0.6) is 0 Å². The predicted octanol–water partition coefficient (Wildman–Crippen LogP) is 8.07. The Labute approximate surface area is 400 Å². The Balaban J connectivity index is 1.03. The molecule has 3 amide bonds. The Morgan fingerprint density at radius 1 is 0.941 bits per heavy atom. The first-order chi connectivity index (χ1) is 32.2. The van der Waals surface area contributed by atoms with Gasteiger partial charge in [0.15, 0.2) is 17.5 Å². The van der Waals surface area contributed by atoms with Gasteiger partial charge in [-0.15, -0.1) is 32.9 Å². The minimum Gasteiger partial charge on any atom is -0.469 e. The number of carbonyl (C=O) groups excluding carboxylic acids is 4. The van der Waals surface area contributed by atoms with Crippen molar-refractivity contribution < 1.29 is 37.8 Å². The topological polar surface area (TPSA) is 181 Å². The normalized spacial score (nSPS) is 17.7. The molecule has 0 unspecified atom stereocenters. The number of aromatic nitrogens is 4. The SMILES string of the molecule is COC(=O)C[C@@H]1N=C(c2ccc(-c3cc(C(=O)N[C@H](C(=O)N4C[C@H](O)C[C@H]4C(=O)N[C@@H](C)c4ccc(-c5scnc5C)cc4)C(C)(C)C)cc(F)c3F)cc2)c2c(sc(C)c2C)-n2c(C)nnc21. The molecule has 8 rings (SSSR count). The van der Waals surface area contributed by atoms with E-state index in [1.165, 1.54) is 18.1 Å². The van der Waals surface area contributed by atoms with Crippen LogP contribution in [0.15, 0.2) is 71.2 Å². The average Bonchev–Trinajstić information content (AvgIpc) is 4.07. The van der Waals surface area contributed by atoms with Crippen LogP contribution >= 0.6 is 22.7 Å². The van der Waals surface area contributed by atoms with Crippen molar-refractivity contribution in [2.24, 2.45) is 10.4 Å². The largest absolute Gasteiger partial charge is 0.469 e. The first kappa shape index (κ1) is 48.0. The molecule has 6 aromatic rings. The molecular formula is C50H52F2N8O6S2. The molecular weight excluding hydrogens is 911 g/mol. The second kappa shape index (κ2) is 18.9. The Kier molecular flexibility index (Phi) is 13.3. The van der Waals surface area contributed by atoms with Crippen LogP contribution in [0.2, 0.25) is 0 Å². The number of methoxy groups -OCH3 is 1. The summed E-state index contributed by atoms with van der Waals surface area (Å²) in [7, 11) is 1.30. The van der Waals surface area contributed by atoms with Crippen molar-refractivity contribution in [2.45, 2.75) is 98.5 Å². The molecule has 0 saturated carbocycles. The van der Waals surface area contributed by atoms with Crippen LogP contribution < -0.4 is 10.6 Å². The first-order valence-corrected chi connectivity index (χ1v) is 23.8. The number of amides is 3. The minimum absolute atomic E-state index is 0.0126. The van der Waals surface area contributed by atoms with Crippen molar-refractivity contribution in [1.29, 1.82) is 0 Å². The van der Waals surface area contributed by atoms with E-state index in [2.05, 4.69) is 25.8 Å². The molecule has 2 aliphatic rings. The summed E-state index contributed by atoms with van der Waals surface area (Å²) in [4.78, 5) is 67.7. The number of halogens is 2. The fraction of sp³-hybridized carbons (Fsp3) is 0.360. The molecule has 0 bridgehead atoms. The molecule has 0 spiro atoms. The molecule has 1 fully saturated rings. The molecule has 18 heteroatoms. The maximum Gasteiger partial charge on any atom is 0.308 e. The molecule has 5 heterocycles. The molecule has 5 atom stereocenters. The van der Waals surface area contributed by atoms with Crippen LogP contribution in [0.4, 0.5) is 8.78 Å². The zero-order chi connectivity index (χ0) is 48.9. The smallest absolute Gasteiger partial charge is 0.308 e. The summed E-state index contributed by atoms with van der Waals surface area (Å²) in [5.74, 6) is -3.74. The van der Waals surface area contributed by atoms with Crippen LogP contribution in [-0.4, -0.2) is 91.0 Å². The van der Waals surface area contributed by atoms with Crippen LogP contribution in [0.25, 0.3) is 26.6 Å². The van der Waals surface area contributed by atoms with Gasteiger partial charge in [0.05, 0.1) is 47.5 Å². The van der Waals surface area contributed by atoms with E-state index in [-0.39, 0.29) is 36.1 Å². The molecule has 14 nitrogen and oxygen atoms in total. The van der Waals surface area contributed by atoms with Crippen molar-refractivity contribution in [3.05, 3.63) is 128 Å². The third-order valence-electron chi connectivity index (χ3n) is 12.6. The summed E-state index contributed by atoms with van der Waals surface area (Å²) in [5.41, 5.74) is 6.46. The van der Waals surface area contributed by atoms with E-state index in [1.54, 1.807) is 73.2 Å². The zero-order valence-electron chi connectivity index (χ0n) is 39.1. The fourth-order valence-electron chi connectivity index (χ4n) is 8.73. The van der Waals surface area contributed by atoms with Crippen molar-refractivity contribution >= 4 is 52.1 Å². The number of thiophene rings is 1. The number of ether oxygens (including phenoxy) is 1. The second-order valence-electron chi connectivity index (χ2n) is 18.4. The molecule has 1 saturated heterocycles. The number of esters is 1. The lowest BCUT2D eigenvalue weighted by molar-refractivity contribution is -0.142. The Bertz CT molecular complexity index is 2970. The monoisotopic (exact) mass is 962 g/mol. The summed E-state index contributed by atoms with van der Waals surface area (Å²) in [6.07, 6.45) is -1.10.